The van der Waals surface area contributed by atoms with E-state index in [9.17, 15) is 14.4 Å². The number of imide groups is 1. The first kappa shape index (κ1) is 14.0. The molecule has 4 amide bonds. The van der Waals surface area contributed by atoms with Crippen molar-refractivity contribution < 1.29 is 14.4 Å². The van der Waals surface area contributed by atoms with Gasteiger partial charge in [0.25, 0.3) is 5.91 Å². The summed E-state index contributed by atoms with van der Waals surface area (Å²) in [4.78, 5) is 35.6. The molecule has 0 radical (unpaired) electrons. The van der Waals surface area contributed by atoms with Gasteiger partial charge in [-0.2, -0.15) is 0 Å². The number of carbonyl (C=O) groups excluding carboxylic acids is 3. The number of rotatable bonds is 5. The Hall–Kier alpha value is -2.37. The van der Waals surface area contributed by atoms with Crippen LogP contribution < -0.4 is 10.6 Å². The van der Waals surface area contributed by atoms with Crippen molar-refractivity contribution in [1.29, 1.82) is 0 Å². The number of carbonyl (C=O) groups is 3. The van der Waals surface area contributed by atoms with E-state index in [1.54, 1.807) is 6.07 Å². The number of nitrogens with zero attached hydrogens (tertiary/aromatic N) is 1. The molecule has 6 nitrogen and oxygen atoms in total. The number of urea groups is 1. The minimum absolute atomic E-state index is 0.0640. The number of amides is 4. The molecule has 20 heavy (non-hydrogen) atoms. The summed E-state index contributed by atoms with van der Waals surface area (Å²) in [7, 11) is 0. The molecule has 0 saturated carbocycles. The molecule has 0 bridgehead atoms. The van der Waals surface area contributed by atoms with Gasteiger partial charge in [-0.15, -0.1) is 0 Å². The van der Waals surface area contributed by atoms with Gasteiger partial charge in [-0.1, -0.05) is 17.7 Å². The molecule has 1 aliphatic heterocycles. The van der Waals surface area contributed by atoms with E-state index >= 15 is 0 Å². The molecule has 0 aromatic heterocycles. The number of aryl methyl sites for hydroxylation is 1. The topological polar surface area (TPSA) is 78.5 Å². The van der Waals surface area contributed by atoms with Gasteiger partial charge in [0.15, 0.2) is 0 Å². The number of nitrogens with one attached hydrogen (secondary N) is 2. The van der Waals surface area contributed by atoms with E-state index < -0.39 is 0 Å². The predicted molar refractivity (Wildman–Crippen MR) is 73.2 cm³/mol. The number of hydrogen-bond donors (Lipinski definition) is 2. The molecule has 1 saturated heterocycles. The Labute approximate surface area is 117 Å². The smallest absolute Gasteiger partial charge is 0.324 e. The number of benzene rings is 1. The van der Waals surface area contributed by atoms with Gasteiger partial charge >= 0.3 is 6.03 Å². The fraction of sp³-hybridized carbons (Fsp3) is 0.357. The third-order valence-electron chi connectivity index (χ3n) is 3.06. The van der Waals surface area contributed by atoms with Gasteiger partial charge in [-0.05, 0) is 25.5 Å². The normalized spacial score (nSPS) is 14.3. The van der Waals surface area contributed by atoms with E-state index in [1.807, 2.05) is 25.1 Å². The largest absolute Gasteiger partial charge is 0.352 e. The van der Waals surface area contributed by atoms with Crippen LogP contribution in [-0.4, -0.2) is 42.4 Å². The van der Waals surface area contributed by atoms with Crippen LogP contribution in [0.1, 0.15) is 22.3 Å². The summed E-state index contributed by atoms with van der Waals surface area (Å²) in [6.07, 6.45) is 0.538. The Kier molecular flexibility index (Phi) is 4.34. The van der Waals surface area contributed by atoms with Gasteiger partial charge in [0.1, 0.15) is 0 Å². The van der Waals surface area contributed by atoms with Crippen molar-refractivity contribution >= 4 is 17.8 Å². The summed E-state index contributed by atoms with van der Waals surface area (Å²) in [5, 5.41) is 5.22. The lowest BCUT2D eigenvalue weighted by molar-refractivity contribution is -0.125. The summed E-state index contributed by atoms with van der Waals surface area (Å²) in [6, 6.07) is 6.96. The third kappa shape index (κ3) is 3.34. The Bertz CT molecular complexity index is 526. The molecule has 0 atom stereocenters. The molecule has 0 spiro atoms. The van der Waals surface area contributed by atoms with Crippen LogP contribution in [0.3, 0.4) is 0 Å². The maximum atomic E-state index is 11.9. The zero-order chi connectivity index (χ0) is 14.5. The highest BCUT2D eigenvalue weighted by Crippen LogP contribution is 2.04. The lowest BCUT2D eigenvalue weighted by Crippen LogP contribution is -2.34. The maximum Gasteiger partial charge on any atom is 0.324 e. The van der Waals surface area contributed by atoms with Crippen LogP contribution in [0.5, 0.6) is 0 Å². The number of hydrogen-bond acceptors (Lipinski definition) is 3. The van der Waals surface area contributed by atoms with Gasteiger partial charge < -0.3 is 10.6 Å². The van der Waals surface area contributed by atoms with Gasteiger partial charge in [0.2, 0.25) is 5.91 Å². The molecule has 1 aliphatic rings. The van der Waals surface area contributed by atoms with Gasteiger partial charge in [0, 0.05) is 18.7 Å². The zero-order valence-electron chi connectivity index (χ0n) is 11.3. The standard InChI is InChI=1S/C14H17N3O3/c1-10-4-2-5-11(8-10)13(19)15-6-3-7-17-12(18)9-16-14(17)20/h2,4-5,8H,3,6-7,9H2,1H3,(H,15,19)(H,16,20). The molecule has 6 heteroatoms. The van der Waals surface area contributed by atoms with Crippen molar-refractivity contribution in [2.24, 2.45) is 0 Å². The molecule has 0 unspecified atom stereocenters. The zero-order valence-corrected chi connectivity index (χ0v) is 11.3. The first-order valence-corrected chi connectivity index (χ1v) is 6.51. The molecule has 0 aliphatic carbocycles. The Morgan fingerprint density at radius 1 is 1.40 bits per heavy atom. The van der Waals surface area contributed by atoms with E-state index in [1.165, 1.54) is 4.90 Å². The predicted octanol–water partition coefficient (Wildman–Crippen LogP) is 0.667. The molecule has 1 aromatic rings. The molecular formula is C14H17N3O3. The fourth-order valence-corrected chi connectivity index (χ4v) is 2.01. The van der Waals surface area contributed by atoms with Crippen molar-refractivity contribution in [3.63, 3.8) is 0 Å². The van der Waals surface area contributed by atoms with Gasteiger partial charge in [0.05, 0.1) is 6.54 Å². The van der Waals surface area contributed by atoms with E-state index in [0.29, 0.717) is 25.1 Å². The quantitative estimate of drug-likeness (QED) is 0.612. The van der Waals surface area contributed by atoms with Crippen LogP contribution in [0.4, 0.5) is 4.79 Å². The second kappa shape index (κ2) is 6.18. The average molecular weight is 275 g/mol. The summed E-state index contributed by atoms with van der Waals surface area (Å²) in [6.45, 7) is 2.73. The summed E-state index contributed by atoms with van der Waals surface area (Å²) in [5.74, 6) is -0.370. The van der Waals surface area contributed by atoms with E-state index in [2.05, 4.69) is 10.6 Å². The third-order valence-corrected chi connectivity index (χ3v) is 3.06. The minimum Gasteiger partial charge on any atom is -0.352 e. The van der Waals surface area contributed by atoms with Crippen molar-refractivity contribution in [3.8, 4) is 0 Å². The van der Waals surface area contributed by atoms with Crippen LogP contribution in [-0.2, 0) is 4.79 Å². The molecule has 1 aromatic carbocycles. The summed E-state index contributed by atoms with van der Waals surface area (Å²) in [5.41, 5.74) is 1.64. The first-order valence-electron chi connectivity index (χ1n) is 6.51. The average Bonchev–Trinajstić information content (AvgIpc) is 2.74. The highest BCUT2D eigenvalue weighted by molar-refractivity contribution is 6.01. The molecule has 1 heterocycles. The molecule has 106 valence electrons. The van der Waals surface area contributed by atoms with E-state index in [0.717, 1.165) is 5.56 Å². The van der Waals surface area contributed by atoms with Crippen LogP contribution in [0.25, 0.3) is 0 Å². The van der Waals surface area contributed by atoms with E-state index in [-0.39, 0.29) is 24.4 Å². The highest BCUT2D eigenvalue weighted by atomic mass is 16.2. The fourth-order valence-electron chi connectivity index (χ4n) is 2.01. The van der Waals surface area contributed by atoms with Crippen molar-refractivity contribution in [3.05, 3.63) is 35.4 Å². The molecule has 2 N–H and O–H groups in total. The maximum absolute atomic E-state index is 11.9. The molecule has 1 fully saturated rings. The second-order valence-electron chi connectivity index (χ2n) is 4.68. The summed E-state index contributed by atoms with van der Waals surface area (Å²) < 4.78 is 0. The Balaban J connectivity index is 1.75. The summed E-state index contributed by atoms with van der Waals surface area (Å²) >= 11 is 0. The van der Waals surface area contributed by atoms with Crippen molar-refractivity contribution in [2.75, 3.05) is 19.6 Å². The van der Waals surface area contributed by atoms with Crippen molar-refractivity contribution in [1.82, 2.24) is 15.5 Å². The minimum atomic E-state index is -0.361. The van der Waals surface area contributed by atoms with Crippen LogP contribution in [0.15, 0.2) is 24.3 Å². The van der Waals surface area contributed by atoms with Crippen LogP contribution >= 0.6 is 0 Å². The Morgan fingerprint density at radius 3 is 2.85 bits per heavy atom. The van der Waals surface area contributed by atoms with E-state index in [4.69, 9.17) is 0 Å². The lowest BCUT2D eigenvalue weighted by atomic mass is 10.1. The highest BCUT2D eigenvalue weighted by Gasteiger charge is 2.27. The lowest BCUT2D eigenvalue weighted by Gasteiger charge is -2.12. The van der Waals surface area contributed by atoms with Crippen LogP contribution in [0.2, 0.25) is 0 Å². The van der Waals surface area contributed by atoms with Gasteiger partial charge in [-0.3, -0.25) is 14.5 Å². The molecular weight excluding hydrogens is 258 g/mol. The second-order valence-corrected chi connectivity index (χ2v) is 4.68. The molecule has 2 rings (SSSR count). The monoisotopic (exact) mass is 275 g/mol. The SMILES string of the molecule is Cc1cccc(C(=O)NCCCN2C(=O)CNC2=O)c1. The van der Waals surface area contributed by atoms with Crippen molar-refractivity contribution in [2.45, 2.75) is 13.3 Å². The van der Waals surface area contributed by atoms with Crippen LogP contribution in [0, 0.1) is 6.92 Å². The van der Waals surface area contributed by atoms with Gasteiger partial charge in [-0.25, -0.2) is 4.79 Å². The first-order chi connectivity index (χ1) is 9.58. The Morgan fingerprint density at radius 2 is 2.20 bits per heavy atom.